The van der Waals surface area contributed by atoms with E-state index in [2.05, 4.69) is 66.1 Å². The van der Waals surface area contributed by atoms with Gasteiger partial charge in [0.25, 0.3) is 0 Å². The van der Waals surface area contributed by atoms with Gasteiger partial charge in [-0.3, -0.25) is 4.68 Å². The van der Waals surface area contributed by atoms with E-state index in [1.54, 1.807) is 0 Å². The smallest absolute Gasteiger partial charge is 0.0766 e. The lowest BCUT2D eigenvalue weighted by molar-refractivity contribution is 0.262. The molecule has 0 radical (unpaired) electrons. The van der Waals surface area contributed by atoms with Crippen LogP contribution in [-0.2, 0) is 19.4 Å². The highest BCUT2D eigenvalue weighted by atomic mass is 79.9. The molecule has 4 heteroatoms. The van der Waals surface area contributed by atoms with Crippen molar-refractivity contribution < 1.29 is 5.11 Å². The van der Waals surface area contributed by atoms with E-state index in [1.807, 2.05) is 4.68 Å². The Hall–Kier alpha value is -1.13. The molecule has 0 amide bonds. The summed E-state index contributed by atoms with van der Waals surface area (Å²) < 4.78 is 3.14. The molecule has 3 nitrogen and oxygen atoms in total. The van der Waals surface area contributed by atoms with E-state index in [0.29, 0.717) is 0 Å². The SMILES string of the molecule is CCc1nn(CC)c(CC(CO)c2cccc(C)c2)c1Br. The minimum atomic E-state index is 0.105. The molecule has 1 aromatic carbocycles. The van der Waals surface area contributed by atoms with Crippen LogP contribution in [0, 0.1) is 6.92 Å². The summed E-state index contributed by atoms with van der Waals surface area (Å²) in [5.41, 5.74) is 4.68. The minimum absolute atomic E-state index is 0.105. The Bertz CT molecular complexity index is 607. The molecule has 0 saturated heterocycles. The Morgan fingerprint density at radius 2 is 2.10 bits per heavy atom. The fraction of sp³-hybridized carbons (Fsp3) is 0.471. The van der Waals surface area contributed by atoms with E-state index in [9.17, 15) is 5.11 Å². The van der Waals surface area contributed by atoms with E-state index in [-0.39, 0.29) is 12.5 Å². The second-order valence-electron chi connectivity index (χ2n) is 5.37. The summed E-state index contributed by atoms with van der Waals surface area (Å²) in [4.78, 5) is 0. The van der Waals surface area contributed by atoms with Gasteiger partial charge in [-0.15, -0.1) is 0 Å². The summed E-state index contributed by atoms with van der Waals surface area (Å²) in [6, 6.07) is 8.38. The standard InChI is InChI=1S/C17H23BrN2O/c1-4-15-17(18)16(20(5-2)19-15)10-14(11-21)13-8-6-7-12(3)9-13/h6-9,14,21H,4-5,10-11H2,1-3H3. The second-order valence-corrected chi connectivity index (χ2v) is 6.17. The highest BCUT2D eigenvalue weighted by molar-refractivity contribution is 9.10. The van der Waals surface area contributed by atoms with Gasteiger partial charge >= 0.3 is 0 Å². The third kappa shape index (κ3) is 3.55. The maximum Gasteiger partial charge on any atom is 0.0766 e. The zero-order valence-electron chi connectivity index (χ0n) is 12.9. The van der Waals surface area contributed by atoms with Gasteiger partial charge in [0.15, 0.2) is 0 Å². The summed E-state index contributed by atoms with van der Waals surface area (Å²) >= 11 is 3.68. The summed E-state index contributed by atoms with van der Waals surface area (Å²) in [5.74, 6) is 0.105. The molecule has 0 aliphatic carbocycles. The molecular formula is C17H23BrN2O. The molecular weight excluding hydrogens is 328 g/mol. The summed E-state index contributed by atoms with van der Waals surface area (Å²) in [5, 5.41) is 14.4. The number of nitrogens with zero attached hydrogens (tertiary/aromatic N) is 2. The normalized spacial score (nSPS) is 12.6. The molecule has 2 aromatic rings. The van der Waals surface area contributed by atoms with Crippen molar-refractivity contribution in [2.45, 2.75) is 46.1 Å². The lowest BCUT2D eigenvalue weighted by atomic mass is 9.93. The van der Waals surface area contributed by atoms with E-state index in [0.717, 1.165) is 29.6 Å². The maximum atomic E-state index is 9.81. The van der Waals surface area contributed by atoms with Crippen molar-refractivity contribution in [3.05, 3.63) is 51.3 Å². The van der Waals surface area contributed by atoms with E-state index < -0.39 is 0 Å². The summed E-state index contributed by atoms with van der Waals surface area (Å²) in [7, 11) is 0. The van der Waals surface area contributed by atoms with Crippen molar-refractivity contribution in [2.75, 3.05) is 6.61 Å². The van der Waals surface area contributed by atoms with Crippen molar-refractivity contribution in [3.8, 4) is 0 Å². The van der Waals surface area contributed by atoms with Crippen LogP contribution < -0.4 is 0 Å². The van der Waals surface area contributed by atoms with Crippen LogP contribution in [0.25, 0.3) is 0 Å². The Labute approximate surface area is 135 Å². The Morgan fingerprint density at radius 1 is 1.33 bits per heavy atom. The summed E-state index contributed by atoms with van der Waals surface area (Å²) in [6.45, 7) is 7.29. The second kappa shape index (κ2) is 7.23. The largest absolute Gasteiger partial charge is 0.396 e. The van der Waals surface area contributed by atoms with Gasteiger partial charge in [0.05, 0.1) is 22.5 Å². The van der Waals surface area contributed by atoms with Gasteiger partial charge in [-0.2, -0.15) is 5.10 Å². The van der Waals surface area contributed by atoms with Gasteiger partial charge < -0.3 is 5.11 Å². The number of aromatic nitrogens is 2. The maximum absolute atomic E-state index is 9.81. The minimum Gasteiger partial charge on any atom is -0.396 e. The van der Waals surface area contributed by atoms with Gasteiger partial charge in [0.2, 0.25) is 0 Å². The molecule has 114 valence electrons. The third-order valence-electron chi connectivity index (χ3n) is 3.87. The molecule has 1 unspecified atom stereocenters. The predicted octanol–water partition coefficient (Wildman–Crippen LogP) is 3.85. The molecule has 0 saturated carbocycles. The molecule has 1 atom stereocenters. The highest BCUT2D eigenvalue weighted by Crippen LogP contribution is 2.28. The molecule has 0 bridgehead atoms. The average molecular weight is 351 g/mol. The third-order valence-corrected chi connectivity index (χ3v) is 4.78. The average Bonchev–Trinajstić information content (AvgIpc) is 2.80. The van der Waals surface area contributed by atoms with Crippen LogP contribution in [0.3, 0.4) is 0 Å². The molecule has 0 aliphatic rings. The molecule has 0 spiro atoms. The Kier molecular flexibility index (Phi) is 5.59. The molecule has 2 rings (SSSR count). The number of hydrogen-bond donors (Lipinski definition) is 1. The predicted molar refractivity (Wildman–Crippen MR) is 89.7 cm³/mol. The van der Waals surface area contributed by atoms with Gasteiger partial charge in [0, 0.05) is 12.5 Å². The number of benzene rings is 1. The number of aryl methyl sites for hydroxylation is 3. The van der Waals surface area contributed by atoms with Crippen molar-refractivity contribution in [1.82, 2.24) is 9.78 Å². The van der Waals surface area contributed by atoms with Crippen LogP contribution in [-0.4, -0.2) is 21.5 Å². The fourth-order valence-electron chi connectivity index (χ4n) is 2.66. The molecule has 1 aromatic heterocycles. The van der Waals surface area contributed by atoms with Crippen molar-refractivity contribution in [3.63, 3.8) is 0 Å². The van der Waals surface area contributed by atoms with Crippen molar-refractivity contribution >= 4 is 15.9 Å². The molecule has 21 heavy (non-hydrogen) atoms. The van der Waals surface area contributed by atoms with Gasteiger partial charge in [-0.1, -0.05) is 36.8 Å². The van der Waals surface area contributed by atoms with Crippen molar-refractivity contribution in [2.24, 2.45) is 0 Å². The van der Waals surface area contributed by atoms with E-state index in [4.69, 9.17) is 0 Å². The number of aliphatic hydroxyl groups excluding tert-OH is 1. The monoisotopic (exact) mass is 350 g/mol. The van der Waals surface area contributed by atoms with Gasteiger partial charge in [0.1, 0.15) is 0 Å². The first-order valence-electron chi connectivity index (χ1n) is 7.52. The molecule has 1 N–H and O–H groups in total. The number of hydrogen-bond acceptors (Lipinski definition) is 2. The lowest BCUT2D eigenvalue weighted by Crippen LogP contribution is -2.12. The summed E-state index contributed by atoms with van der Waals surface area (Å²) in [6.07, 6.45) is 1.70. The number of rotatable bonds is 6. The number of halogens is 1. The first-order chi connectivity index (χ1) is 10.1. The zero-order valence-corrected chi connectivity index (χ0v) is 14.5. The first kappa shape index (κ1) is 16.2. The molecule has 0 fully saturated rings. The molecule has 1 heterocycles. The zero-order chi connectivity index (χ0) is 15.4. The van der Waals surface area contributed by atoms with Crippen LogP contribution in [0.1, 0.15) is 42.3 Å². The molecule has 0 aliphatic heterocycles. The fourth-order valence-corrected chi connectivity index (χ4v) is 3.38. The lowest BCUT2D eigenvalue weighted by Gasteiger charge is -2.16. The van der Waals surface area contributed by atoms with E-state index in [1.165, 1.54) is 16.8 Å². The first-order valence-corrected chi connectivity index (χ1v) is 8.31. The van der Waals surface area contributed by atoms with Crippen LogP contribution in [0.15, 0.2) is 28.7 Å². The van der Waals surface area contributed by atoms with Crippen LogP contribution in [0.2, 0.25) is 0 Å². The van der Waals surface area contributed by atoms with Crippen LogP contribution >= 0.6 is 15.9 Å². The highest BCUT2D eigenvalue weighted by Gasteiger charge is 2.19. The van der Waals surface area contributed by atoms with Crippen LogP contribution in [0.5, 0.6) is 0 Å². The Morgan fingerprint density at radius 3 is 2.67 bits per heavy atom. The Balaban J connectivity index is 2.32. The topological polar surface area (TPSA) is 38.0 Å². The van der Waals surface area contributed by atoms with E-state index >= 15 is 0 Å². The quantitative estimate of drug-likeness (QED) is 0.858. The van der Waals surface area contributed by atoms with Crippen LogP contribution in [0.4, 0.5) is 0 Å². The van der Waals surface area contributed by atoms with Crippen molar-refractivity contribution in [1.29, 1.82) is 0 Å². The van der Waals surface area contributed by atoms with Gasteiger partial charge in [-0.25, -0.2) is 0 Å². The number of aliphatic hydroxyl groups is 1. The van der Waals surface area contributed by atoms with Gasteiger partial charge in [-0.05, 0) is 48.2 Å².